The van der Waals surface area contributed by atoms with Crippen LogP contribution in [0.25, 0.3) is 0 Å². The maximum absolute atomic E-state index is 12.3. The average Bonchev–Trinajstić information content (AvgIpc) is 2.76. The molecule has 0 saturated carbocycles. The molecule has 0 radical (unpaired) electrons. The van der Waals surface area contributed by atoms with Gasteiger partial charge < -0.3 is 30.5 Å². The first-order valence-electron chi connectivity index (χ1n) is 10.5. The van der Waals surface area contributed by atoms with Crippen LogP contribution in [-0.2, 0) is 35.3 Å². The zero-order valence-corrected chi connectivity index (χ0v) is 20.2. The van der Waals surface area contributed by atoms with Gasteiger partial charge in [0.25, 0.3) is 0 Å². The van der Waals surface area contributed by atoms with Gasteiger partial charge in [0.05, 0.1) is 6.54 Å². The lowest BCUT2D eigenvalue weighted by Gasteiger charge is -2.20. The highest BCUT2D eigenvalue weighted by Gasteiger charge is 2.25. The zero-order chi connectivity index (χ0) is 25.7. The predicted molar refractivity (Wildman–Crippen MR) is 125 cm³/mol. The van der Waals surface area contributed by atoms with Crippen LogP contribution in [-0.4, -0.2) is 64.9 Å². The number of hydrogen-bond donors (Lipinski definition) is 5. The molecule has 2 atom stereocenters. The van der Waals surface area contributed by atoms with Gasteiger partial charge in [0.1, 0.15) is 24.3 Å². The minimum absolute atomic E-state index is 0.00978. The van der Waals surface area contributed by atoms with Gasteiger partial charge in [-0.05, 0) is 32.8 Å². The normalized spacial score (nSPS) is 12.6. The minimum Gasteiger partial charge on any atom is -0.480 e. The van der Waals surface area contributed by atoms with E-state index < -0.39 is 54.1 Å². The summed E-state index contributed by atoms with van der Waals surface area (Å²) in [5.74, 6) is -3.49. The Morgan fingerprint density at radius 1 is 1.03 bits per heavy atom. The van der Waals surface area contributed by atoms with Crippen molar-refractivity contribution in [2.45, 2.75) is 57.9 Å². The summed E-state index contributed by atoms with van der Waals surface area (Å²) in [4.78, 5) is 59.5. The molecule has 0 heterocycles. The lowest BCUT2D eigenvalue weighted by molar-refractivity contribution is -0.155. The first-order chi connectivity index (χ1) is 15.9. The van der Waals surface area contributed by atoms with E-state index >= 15 is 0 Å². The Labute approximate surface area is 203 Å². The Balaban J connectivity index is 2.46. The van der Waals surface area contributed by atoms with E-state index in [9.17, 15) is 29.1 Å². The molecule has 11 nitrogen and oxygen atoms in total. The number of ether oxygens (including phenoxy) is 2. The van der Waals surface area contributed by atoms with E-state index in [1.54, 1.807) is 45.0 Å². The lowest BCUT2D eigenvalue weighted by Crippen LogP contribution is -2.51. The summed E-state index contributed by atoms with van der Waals surface area (Å²) in [6.45, 7) is 4.51. The second kappa shape index (κ2) is 14.1. The monoisotopic (exact) mass is 497 g/mol. The number of carboxylic acid groups (broad SMARTS) is 1. The quantitative estimate of drug-likeness (QED) is 0.211. The molecule has 3 amide bonds. The molecule has 1 aromatic rings. The van der Waals surface area contributed by atoms with Crippen molar-refractivity contribution in [3.63, 3.8) is 0 Å². The molecule has 0 bridgehead atoms. The third-order valence-electron chi connectivity index (χ3n) is 4.12. The molecule has 0 unspecified atom stereocenters. The van der Waals surface area contributed by atoms with Crippen molar-refractivity contribution in [3.05, 3.63) is 35.9 Å². The summed E-state index contributed by atoms with van der Waals surface area (Å²) >= 11 is 4.02. The van der Waals surface area contributed by atoms with E-state index in [2.05, 4.69) is 28.6 Å². The summed E-state index contributed by atoms with van der Waals surface area (Å²) in [6.07, 6.45) is -1.23. The molecule has 0 spiro atoms. The first kappa shape index (κ1) is 28.8. The van der Waals surface area contributed by atoms with Crippen LogP contribution in [0.1, 0.15) is 39.2 Å². The van der Waals surface area contributed by atoms with Gasteiger partial charge >= 0.3 is 18.0 Å². The van der Waals surface area contributed by atoms with Gasteiger partial charge in [0.15, 0.2) is 0 Å². The molecule has 0 aromatic heterocycles. The number of benzene rings is 1. The van der Waals surface area contributed by atoms with Crippen molar-refractivity contribution >= 4 is 42.5 Å². The van der Waals surface area contributed by atoms with Crippen molar-refractivity contribution in [1.82, 2.24) is 16.0 Å². The number of carboxylic acids is 1. The number of hydrogen-bond acceptors (Lipinski definition) is 8. The van der Waals surface area contributed by atoms with Crippen LogP contribution in [0.4, 0.5) is 4.79 Å². The number of carbonyl (C=O) groups excluding carboxylic acids is 4. The maximum Gasteiger partial charge on any atom is 0.408 e. The standard InChI is InChI=1S/C22H31N3O8S/c1-22(2,3)33-18(27)10-9-15(20(29)30)24-17(26)11-23-19(28)16(13-34)25-21(31)32-12-14-7-5-4-6-8-14/h4-8,15-16,34H,9-13H2,1-3H3,(H,23,28)(H,24,26)(H,25,31)(H,29,30)/t15-,16-/m0/s1. The van der Waals surface area contributed by atoms with Gasteiger partial charge in [0, 0.05) is 12.2 Å². The average molecular weight is 498 g/mol. The van der Waals surface area contributed by atoms with Crippen LogP contribution in [0.3, 0.4) is 0 Å². The van der Waals surface area contributed by atoms with E-state index in [1.165, 1.54) is 0 Å². The van der Waals surface area contributed by atoms with Gasteiger partial charge in [0.2, 0.25) is 11.8 Å². The lowest BCUT2D eigenvalue weighted by atomic mass is 10.1. The number of nitrogens with one attached hydrogen (secondary N) is 3. The van der Waals surface area contributed by atoms with Gasteiger partial charge in [-0.3, -0.25) is 14.4 Å². The SMILES string of the molecule is CC(C)(C)OC(=O)CC[C@H](NC(=O)CNC(=O)[C@H](CS)NC(=O)OCc1ccccc1)C(=O)O. The van der Waals surface area contributed by atoms with E-state index in [0.717, 1.165) is 5.56 Å². The Bertz CT molecular complexity index is 857. The second-order valence-corrected chi connectivity index (χ2v) is 8.61. The van der Waals surface area contributed by atoms with Crippen molar-refractivity contribution in [1.29, 1.82) is 0 Å². The molecule has 0 aliphatic rings. The molecule has 0 aliphatic carbocycles. The van der Waals surface area contributed by atoms with Crippen LogP contribution in [0.15, 0.2) is 30.3 Å². The van der Waals surface area contributed by atoms with E-state index in [1.807, 2.05) is 6.07 Å². The smallest absolute Gasteiger partial charge is 0.408 e. The molecule has 12 heteroatoms. The van der Waals surface area contributed by atoms with E-state index in [-0.39, 0.29) is 25.2 Å². The summed E-state index contributed by atoms with van der Waals surface area (Å²) in [5, 5.41) is 16.2. The highest BCUT2D eigenvalue weighted by molar-refractivity contribution is 7.80. The van der Waals surface area contributed by atoms with Crippen LogP contribution in [0.5, 0.6) is 0 Å². The van der Waals surface area contributed by atoms with Crippen molar-refractivity contribution < 1.29 is 38.6 Å². The number of rotatable bonds is 12. The molecular weight excluding hydrogens is 466 g/mol. The Morgan fingerprint density at radius 2 is 1.68 bits per heavy atom. The Hall–Kier alpha value is -3.28. The van der Waals surface area contributed by atoms with Crippen LogP contribution >= 0.6 is 12.6 Å². The van der Waals surface area contributed by atoms with Gasteiger partial charge in [-0.15, -0.1) is 0 Å². The van der Waals surface area contributed by atoms with E-state index in [4.69, 9.17) is 9.47 Å². The van der Waals surface area contributed by atoms with E-state index in [0.29, 0.717) is 0 Å². The molecule has 0 saturated heterocycles. The highest BCUT2D eigenvalue weighted by Crippen LogP contribution is 2.10. The molecule has 0 fully saturated rings. The molecule has 34 heavy (non-hydrogen) atoms. The number of thiol groups is 1. The fourth-order valence-corrected chi connectivity index (χ4v) is 2.81. The number of amides is 3. The summed E-state index contributed by atoms with van der Waals surface area (Å²) in [5.41, 5.74) is 0.0513. The largest absolute Gasteiger partial charge is 0.480 e. The number of aliphatic carboxylic acids is 1. The number of esters is 1. The zero-order valence-electron chi connectivity index (χ0n) is 19.3. The van der Waals surface area contributed by atoms with Gasteiger partial charge in [-0.1, -0.05) is 30.3 Å². The number of carbonyl (C=O) groups is 5. The molecule has 1 aromatic carbocycles. The molecule has 188 valence electrons. The third kappa shape index (κ3) is 12.1. The predicted octanol–water partition coefficient (Wildman–Crippen LogP) is 1.02. The Morgan fingerprint density at radius 3 is 2.24 bits per heavy atom. The summed E-state index contributed by atoms with van der Waals surface area (Å²) in [7, 11) is 0. The molecule has 1 rings (SSSR count). The summed E-state index contributed by atoms with van der Waals surface area (Å²) in [6, 6.07) is 6.52. The molecule has 4 N–H and O–H groups in total. The fraction of sp³-hybridized carbons (Fsp3) is 0.500. The molecule has 0 aliphatic heterocycles. The molecular formula is C22H31N3O8S. The topological polar surface area (TPSA) is 160 Å². The van der Waals surface area contributed by atoms with Crippen LogP contribution in [0, 0.1) is 0 Å². The number of alkyl carbamates (subject to hydrolysis) is 1. The van der Waals surface area contributed by atoms with Crippen molar-refractivity contribution in [2.24, 2.45) is 0 Å². The van der Waals surface area contributed by atoms with Crippen molar-refractivity contribution in [3.8, 4) is 0 Å². The fourth-order valence-electron chi connectivity index (χ4n) is 2.55. The second-order valence-electron chi connectivity index (χ2n) is 8.24. The Kier molecular flexibility index (Phi) is 11.9. The minimum atomic E-state index is -1.34. The maximum atomic E-state index is 12.3. The summed E-state index contributed by atoms with van der Waals surface area (Å²) < 4.78 is 10.2. The van der Waals surface area contributed by atoms with Crippen molar-refractivity contribution in [2.75, 3.05) is 12.3 Å². The first-order valence-corrected chi connectivity index (χ1v) is 11.1. The third-order valence-corrected chi connectivity index (χ3v) is 4.48. The van der Waals surface area contributed by atoms with Gasteiger partial charge in [-0.2, -0.15) is 12.6 Å². The van der Waals surface area contributed by atoms with Gasteiger partial charge in [-0.25, -0.2) is 9.59 Å². The van der Waals surface area contributed by atoms with Crippen LogP contribution in [0.2, 0.25) is 0 Å². The highest BCUT2D eigenvalue weighted by atomic mass is 32.1. The van der Waals surface area contributed by atoms with Crippen LogP contribution < -0.4 is 16.0 Å².